The lowest BCUT2D eigenvalue weighted by Gasteiger charge is -2.39. The maximum absolute atomic E-state index is 13.8. The van der Waals surface area contributed by atoms with E-state index in [-0.39, 0.29) is 17.2 Å². The number of alkyl halides is 3. The Hall–Kier alpha value is -1.93. The molecule has 3 heterocycles. The predicted octanol–water partition coefficient (Wildman–Crippen LogP) is 4.93. The summed E-state index contributed by atoms with van der Waals surface area (Å²) < 4.78 is 44.0. The van der Waals surface area contributed by atoms with Crippen LogP contribution >= 0.6 is 0 Å². The summed E-state index contributed by atoms with van der Waals surface area (Å²) in [5.74, 6) is 0.923. The number of ether oxygens (including phenoxy) is 1. The first-order valence-corrected chi connectivity index (χ1v) is 12.5. The number of carbonyl (C=O) groups is 1. The second-order valence-electron chi connectivity index (χ2n) is 10.5. The van der Waals surface area contributed by atoms with Crippen LogP contribution in [0, 0.1) is 17.3 Å². The van der Waals surface area contributed by atoms with Crippen LogP contribution in [0.2, 0.25) is 0 Å². The molecule has 4 rings (SSSR count). The first-order valence-electron chi connectivity index (χ1n) is 12.5. The SMILES string of the molecule is CC(C)C1(C(=O)N2CC=C(c3ccc(C(F)(F)F)cn3)CC2)CC[C@@H](NC2CCOC[C@H]2C)C1. The molecule has 0 aromatic carbocycles. The Kier molecular flexibility index (Phi) is 7.38. The zero-order valence-electron chi connectivity index (χ0n) is 20.3. The van der Waals surface area contributed by atoms with Gasteiger partial charge in [0.15, 0.2) is 0 Å². The van der Waals surface area contributed by atoms with Crippen LogP contribution in [0.5, 0.6) is 0 Å². The molecule has 2 unspecified atom stereocenters. The van der Waals surface area contributed by atoms with E-state index in [2.05, 4.69) is 31.1 Å². The Labute approximate surface area is 200 Å². The molecule has 3 aliphatic rings. The lowest BCUT2D eigenvalue weighted by Crippen LogP contribution is -2.49. The molecule has 188 valence electrons. The number of pyridine rings is 1. The molecule has 2 fully saturated rings. The molecule has 1 aromatic rings. The number of carbonyl (C=O) groups excluding carboxylic acids is 1. The molecule has 0 spiro atoms. The highest BCUT2D eigenvalue weighted by Crippen LogP contribution is 2.46. The fourth-order valence-corrected chi connectivity index (χ4v) is 5.77. The van der Waals surface area contributed by atoms with Gasteiger partial charge < -0.3 is 15.0 Å². The van der Waals surface area contributed by atoms with Gasteiger partial charge in [0.1, 0.15) is 0 Å². The third-order valence-corrected chi connectivity index (χ3v) is 8.09. The van der Waals surface area contributed by atoms with Crippen molar-refractivity contribution >= 4 is 11.5 Å². The maximum atomic E-state index is 13.8. The second kappa shape index (κ2) is 9.97. The highest BCUT2D eigenvalue weighted by molar-refractivity contribution is 5.84. The van der Waals surface area contributed by atoms with Gasteiger partial charge in [-0.25, -0.2) is 0 Å². The van der Waals surface area contributed by atoms with Crippen molar-refractivity contribution in [2.24, 2.45) is 17.3 Å². The minimum atomic E-state index is -4.39. The van der Waals surface area contributed by atoms with E-state index in [1.54, 1.807) is 0 Å². The normalized spacial score (nSPS) is 30.5. The molecule has 1 amide bonds. The second-order valence-corrected chi connectivity index (χ2v) is 10.5. The summed E-state index contributed by atoms with van der Waals surface area (Å²) in [7, 11) is 0. The number of amides is 1. The molecule has 4 atom stereocenters. The minimum Gasteiger partial charge on any atom is -0.381 e. The summed E-state index contributed by atoms with van der Waals surface area (Å²) in [5.41, 5.74) is 0.331. The molecular weight excluding hydrogens is 443 g/mol. The van der Waals surface area contributed by atoms with E-state index in [4.69, 9.17) is 4.74 Å². The van der Waals surface area contributed by atoms with Gasteiger partial charge in [-0.1, -0.05) is 26.8 Å². The van der Waals surface area contributed by atoms with Gasteiger partial charge in [0, 0.05) is 38.0 Å². The molecule has 1 aromatic heterocycles. The summed E-state index contributed by atoms with van der Waals surface area (Å²) in [6.45, 7) is 9.13. The minimum absolute atomic E-state index is 0.211. The van der Waals surface area contributed by atoms with Crippen LogP contribution in [-0.4, -0.2) is 54.2 Å². The summed E-state index contributed by atoms with van der Waals surface area (Å²) in [6.07, 6.45) is 2.77. The van der Waals surface area contributed by atoms with Gasteiger partial charge in [-0.15, -0.1) is 0 Å². The van der Waals surface area contributed by atoms with Crippen molar-refractivity contribution in [1.82, 2.24) is 15.2 Å². The van der Waals surface area contributed by atoms with Gasteiger partial charge in [-0.2, -0.15) is 13.2 Å². The standard InChI is InChI=1S/C26H36F3N3O2/c1-17(2)25(10-6-21(14-25)31-22-9-13-34-16-18(22)3)24(33)32-11-7-19(8-12-32)23-5-4-20(15-30-23)26(27,28)29/h4-5,7,15,17-18,21-22,31H,6,8-14,16H2,1-3H3/t18-,21-,22?,25?/m1/s1. The lowest BCUT2D eigenvalue weighted by atomic mass is 9.74. The van der Waals surface area contributed by atoms with E-state index in [1.165, 1.54) is 6.07 Å². The summed E-state index contributed by atoms with van der Waals surface area (Å²) in [4.78, 5) is 19.7. The van der Waals surface area contributed by atoms with E-state index in [0.29, 0.717) is 43.2 Å². The third-order valence-electron chi connectivity index (χ3n) is 8.09. The fraction of sp³-hybridized carbons (Fsp3) is 0.692. The quantitative estimate of drug-likeness (QED) is 0.651. The van der Waals surface area contributed by atoms with Crippen LogP contribution in [0.15, 0.2) is 24.4 Å². The molecular formula is C26H36F3N3O2. The Morgan fingerprint density at radius 1 is 1.29 bits per heavy atom. The lowest BCUT2D eigenvalue weighted by molar-refractivity contribution is -0.144. The van der Waals surface area contributed by atoms with Crippen LogP contribution in [0.3, 0.4) is 0 Å². The largest absolute Gasteiger partial charge is 0.417 e. The molecule has 0 bridgehead atoms. The zero-order valence-corrected chi connectivity index (χ0v) is 20.3. The monoisotopic (exact) mass is 479 g/mol. The number of aromatic nitrogens is 1. The summed E-state index contributed by atoms with van der Waals surface area (Å²) in [6, 6.07) is 3.27. The molecule has 5 nitrogen and oxygen atoms in total. The smallest absolute Gasteiger partial charge is 0.381 e. The van der Waals surface area contributed by atoms with Gasteiger partial charge >= 0.3 is 6.18 Å². The van der Waals surface area contributed by atoms with Gasteiger partial charge in [-0.05, 0) is 61.6 Å². The predicted molar refractivity (Wildman–Crippen MR) is 125 cm³/mol. The molecule has 2 aliphatic heterocycles. The van der Waals surface area contributed by atoms with E-state index in [9.17, 15) is 18.0 Å². The van der Waals surface area contributed by atoms with Crippen molar-refractivity contribution in [3.63, 3.8) is 0 Å². The average molecular weight is 480 g/mol. The molecule has 1 saturated carbocycles. The first kappa shape index (κ1) is 25.2. The van der Waals surface area contributed by atoms with Crippen LogP contribution < -0.4 is 5.32 Å². The van der Waals surface area contributed by atoms with Crippen LogP contribution in [0.4, 0.5) is 13.2 Å². The van der Waals surface area contributed by atoms with E-state index in [1.807, 2.05) is 11.0 Å². The Bertz CT molecular complexity index is 900. The topological polar surface area (TPSA) is 54.5 Å². The molecule has 34 heavy (non-hydrogen) atoms. The zero-order chi connectivity index (χ0) is 24.5. The van der Waals surface area contributed by atoms with Crippen molar-refractivity contribution in [3.8, 4) is 0 Å². The van der Waals surface area contributed by atoms with Crippen molar-refractivity contribution < 1.29 is 22.7 Å². The van der Waals surface area contributed by atoms with E-state index in [0.717, 1.165) is 56.7 Å². The third kappa shape index (κ3) is 5.18. The van der Waals surface area contributed by atoms with Gasteiger partial charge in [0.2, 0.25) is 5.91 Å². The van der Waals surface area contributed by atoms with Gasteiger partial charge in [-0.3, -0.25) is 9.78 Å². The Balaban J connectivity index is 1.41. The van der Waals surface area contributed by atoms with Gasteiger partial charge in [0.25, 0.3) is 0 Å². The number of hydrogen-bond donors (Lipinski definition) is 1. The summed E-state index contributed by atoms with van der Waals surface area (Å²) in [5, 5.41) is 3.83. The number of halogens is 3. The molecule has 8 heteroatoms. The van der Waals surface area contributed by atoms with Crippen molar-refractivity contribution in [3.05, 3.63) is 35.7 Å². The molecule has 0 radical (unpaired) electrons. The van der Waals surface area contributed by atoms with E-state index >= 15 is 0 Å². The summed E-state index contributed by atoms with van der Waals surface area (Å²) >= 11 is 0. The first-order chi connectivity index (χ1) is 16.1. The van der Waals surface area contributed by atoms with Gasteiger partial charge in [0.05, 0.1) is 23.3 Å². The van der Waals surface area contributed by atoms with Crippen LogP contribution in [-0.2, 0) is 15.7 Å². The molecule has 1 N–H and O–H groups in total. The number of nitrogens with one attached hydrogen (secondary N) is 1. The van der Waals surface area contributed by atoms with Crippen LogP contribution in [0.1, 0.15) is 64.1 Å². The molecule has 1 saturated heterocycles. The highest BCUT2D eigenvalue weighted by atomic mass is 19.4. The Morgan fingerprint density at radius 2 is 2.09 bits per heavy atom. The van der Waals surface area contributed by atoms with Crippen LogP contribution in [0.25, 0.3) is 5.57 Å². The number of hydrogen-bond acceptors (Lipinski definition) is 4. The van der Waals surface area contributed by atoms with Crippen molar-refractivity contribution in [2.75, 3.05) is 26.3 Å². The maximum Gasteiger partial charge on any atom is 0.417 e. The number of nitrogens with zero attached hydrogens (tertiary/aromatic N) is 2. The van der Waals surface area contributed by atoms with E-state index < -0.39 is 11.7 Å². The fourth-order valence-electron chi connectivity index (χ4n) is 5.77. The van der Waals surface area contributed by atoms with Crippen molar-refractivity contribution in [1.29, 1.82) is 0 Å². The molecule has 1 aliphatic carbocycles. The van der Waals surface area contributed by atoms with Crippen molar-refractivity contribution in [2.45, 2.75) is 71.1 Å². The highest BCUT2D eigenvalue weighted by Gasteiger charge is 2.49. The average Bonchev–Trinajstić information content (AvgIpc) is 3.25. The number of rotatable bonds is 5. The Morgan fingerprint density at radius 3 is 2.68 bits per heavy atom.